The molecule has 0 spiro atoms. The van der Waals surface area contributed by atoms with Crippen LogP contribution >= 0.6 is 0 Å². The van der Waals surface area contributed by atoms with Crippen LogP contribution in [0.4, 0.5) is 0 Å². The minimum atomic E-state index is 1.79. The Balaban J connectivity index is 2.60. The van der Waals surface area contributed by atoms with Gasteiger partial charge in [0, 0.05) is 12.3 Å². The van der Waals surface area contributed by atoms with Gasteiger partial charge in [0.15, 0.2) is 0 Å². The van der Waals surface area contributed by atoms with Gasteiger partial charge in [0.2, 0.25) is 0 Å². The summed E-state index contributed by atoms with van der Waals surface area (Å²) in [5.74, 6) is 0. The molecule has 0 aromatic rings. The number of allylic oxidation sites excluding steroid dienone is 4. The molecule has 7 heavy (non-hydrogen) atoms. The molecular weight excluding hydrogens is 86.1 g/mol. The summed E-state index contributed by atoms with van der Waals surface area (Å²) in [5, 5.41) is 2.74. The van der Waals surface area contributed by atoms with E-state index in [1.807, 2.05) is 12.2 Å². The zero-order valence-corrected chi connectivity index (χ0v) is 3.81. The third kappa shape index (κ3) is 1.26. The molecule has 0 fully saturated rings. The van der Waals surface area contributed by atoms with E-state index in [-0.39, 0.29) is 0 Å². The van der Waals surface area contributed by atoms with Crippen molar-refractivity contribution < 1.29 is 0 Å². The van der Waals surface area contributed by atoms with Crippen LogP contribution in [0, 0.1) is 12.3 Å². The Kier molecular flexibility index (Phi) is 1.34. The number of hydrogen-bond acceptors (Lipinski definition) is 1. The van der Waals surface area contributed by atoms with Gasteiger partial charge in [-0.25, -0.2) is 0 Å². The van der Waals surface area contributed by atoms with Crippen LogP contribution < -0.4 is 5.32 Å². The van der Waals surface area contributed by atoms with Gasteiger partial charge in [-0.3, -0.25) is 0 Å². The van der Waals surface area contributed by atoms with E-state index in [9.17, 15) is 0 Å². The Bertz CT molecular complexity index is 106. The molecular formula is C6H5N. The molecule has 1 heterocycles. The number of hydrogen-bond donors (Lipinski definition) is 1. The lowest BCUT2D eigenvalue weighted by molar-refractivity contribution is 1.15. The summed E-state index contributed by atoms with van der Waals surface area (Å²) in [6.45, 7) is 0. The van der Waals surface area contributed by atoms with Gasteiger partial charge < -0.3 is 5.32 Å². The molecule has 0 amide bonds. The van der Waals surface area contributed by atoms with Crippen molar-refractivity contribution in [2.24, 2.45) is 0 Å². The molecule has 1 aliphatic heterocycles. The lowest BCUT2D eigenvalue weighted by Gasteiger charge is -1.76. The van der Waals surface area contributed by atoms with Crippen molar-refractivity contribution in [3.8, 4) is 0 Å². The predicted octanol–water partition coefficient (Wildman–Crippen LogP) is 0.780. The maximum absolute atomic E-state index is 2.74. The second kappa shape index (κ2) is 2.24. The van der Waals surface area contributed by atoms with Gasteiger partial charge >= 0.3 is 0 Å². The second-order valence-corrected chi connectivity index (χ2v) is 1.13. The van der Waals surface area contributed by atoms with Crippen molar-refractivity contribution in [3.63, 3.8) is 0 Å². The van der Waals surface area contributed by atoms with Crippen LogP contribution in [-0.2, 0) is 0 Å². The molecule has 0 aromatic carbocycles. The second-order valence-electron chi connectivity index (χ2n) is 1.13. The van der Waals surface area contributed by atoms with E-state index in [2.05, 4.69) is 17.6 Å². The maximum Gasteiger partial charge on any atom is 0.0705 e. The summed E-state index contributed by atoms with van der Waals surface area (Å²) in [7, 11) is 0. The zero-order chi connectivity index (χ0) is 4.95. The third-order valence-corrected chi connectivity index (χ3v) is 0.615. The molecule has 0 bridgehead atoms. The summed E-state index contributed by atoms with van der Waals surface area (Å²) >= 11 is 0. The zero-order valence-electron chi connectivity index (χ0n) is 3.81. The first-order valence-electron chi connectivity index (χ1n) is 2.08. The van der Waals surface area contributed by atoms with E-state index in [0.29, 0.717) is 0 Å². The maximum atomic E-state index is 2.74. The molecule has 1 aliphatic rings. The highest BCUT2D eigenvalue weighted by Crippen LogP contribution is 1.79. The van der Waals surface area contributed by atoms with Crippen LogP contribution in [0.25, 0.3) is 0 Å². The Morgan fingerprint density at radius 1 is 1.29 bits per heavy atom. The van der Waals surface area contributed by atoms with E-state index < -0.39 is 0 Å². The van der Waals surface area contributed by atoms with E-state index in [1.165, 1.54) is 0 Å². The third-order valence-electron chi connectivity index (χ3n) is 0.615. The summed E-state index contributed by atoms with van der Waals surface area (Å²) in [5.41, 5.74) is 0. The minimum Gasteiger partial charge on any atom is -0.359 e. The number of rotatable bonds is 0. The van der Waals surface area contributed by atoms with E-state index in [0.717, 1.165) is 0 Å². The van der Waals surface area contributed by atoms with Gasteiger partial charge in [0.05, 0.1) is 6.20 Å². The van der Waals surface area contributed by atoms with E-state index in [1.54, 1.807) is 12.3 Å². The van der Waals surface area contributed by atoms with Crippen LogP contribution in [0.3, 0.4) is 0 Å². The van der Waals surface area contributed by atoms with Gasteiger partial charge in [-0.05, 0) is 6.08 Å². The lowest BCUT2D eigenvalue weighted by atomic mass is 10.5. The Morgan fingerprint density at radius 3 is 3.29 bits per heavy atom. The molecule has 0 saturated carbocycles. The molecule has 1 N–H and O–H groups in total. The Labute approximate surface area is 43.0 Å². The fourth-order valence-corrected chi connectivity index (χ4v) is 0.332. The molecule has 0 saturated heterocycles. The molecule has 34 valence electrons. The predicted molar refractivity (Wildman–Crippen MR) is 27.9 cm³/mol. The molecule has 0 unspecified atom stereocenters. The summed E-state index contributed by atoms with van der Waals surface area (Å²) in [4.78, 5) is 0. The summed E-state index contributed by atoms with van der Waals surface area (Å²) in [6.07, 6.45) is 12.8. The van der Waals surface area contributed by atoms with Crippen molar-refractivity contribution >= 4 is 0 Å². The van der Waals surface area contributed by atoms with E-state index in [4.69, 9.17) is 0 Å². The van der Waals surface area contributed by atoms with Crippen molar-refractivity contribution in [1.82, 2.24) is 5.32 Å². The molecule has 0 aromatic heterocycles. The van der Waals surface area contributed by atoms with Gasteiger partial charge in [-0.15, -0.1) is 0 Å². The summed E-state index contributed by atoms with van der Waals surface area (Å²) < 4.78 is 0. The smallest absolute Gasteiger partial charge is 0.0705 e. The van der Waals surface area contributed by atoms with Crippen molar-refractivity contribution in [3.05, 3.63) is 36.7 Å². The molecule has 1 nitrogen and oxygen atoms in total. The van der Waals surface area contributed by atoms with Gasteiger partial charge in [-0.2, -0.15) is 0 Å². The Morgan fingerprint density at radius 2 is 2.29 bits per heavy atom. The molecule has 1 rings (SSSR count). The highest BCUT2D eigenvalue weighted by Gasteiger charge is 1.69. The van der Waals surface area contributed by atoms with Crippen molar-refractivity contribution in [1.29, 1.82) is 0 Å². The fraction of sp³-hybridized carbons (Fsp3) is 0. The first-order chi connectivity index (χ1) is 3.50. The molecule has 1 heteroatoms. The van der Waals surface area contributed by atoms with Crippen molar-refractivity contribution in [2.45, 2.75) is 0 Å². The average molecular weight is 91.1 g/mol. The lowest BCUT2D eigenvalue weighted by Crippen LogP contribution is -1.89. The summed E-state index contributed by atoms with van der Waals surface area (Å²) in [6, 6.07) is 0. The van der Waals surface area contributed by atoms with Crippen LogP contribution in [0.15, 0.2) is 24.4 Å². The first-order valence-corrected chi connectivity index (χ1v) is 2.08. The molecule has 2 radical (unpaired) electrons. The average Bonchev–Trinajstić information content (AvgIpc) is 1.90. The highest BCUT2D eigenvalue weighted by molar-refractivity contribution is 5.08. The van der Waals surface area contributed by atoms with Crippen LogP contribution in [0.1, 0.15) is 0 Å². The quantitative estimate of drug-likeness (QED) is 0.464. The molecule has 0 aliphatic carbocycles. The van der Waals surface area contributed by atoms with Crippen LogP contribution in [0.5, 0.6) is 0 Å². The number of nitrogens with one attached hydrogen (secondary N) is 1. The van der Waals surface area contributed by atoms with Crippen LogP contribution in [-0.4, -0.2) is 0 Å². The minimum absolute atomic E-state index is 1.79. The fourth-order valence-electron chi connectivity index (χ4n) is 0.332. The normalized spacial score (nSPS) is 16.0. The van der Waals surface area contributed by atoms with Crippen molar-refractivity contribution in [2.75, 3.05) is 0 Å². The van der Waals surface area contributed by atoms with Gasteiger partial charge in [0.1, 0.15) is 0 Å². The highest BCUT2D eigenvalue weighted by atomic mass is 14.8. The van der Waals surface area contributed by atoms with Gasteiger partial charge in [0.25, 0.3) is 0 Å². The SMILES string of the molecule is [C]1=[C]NC=CC=C1. The van der Waals surface area contributed by atoms with Crippen LogP contribution in [0.2, 0.25) is 0 Å². The standard InChI is InChI=1S/C6H5N/c1-2-4-6-7-5-3-1/h1-3,5,7H. The first kappa shape index (κ1) is 4.19. The van der Waals surface area contributed by atoms with Gasteiger partial charge in [-0.1, -0.05) is 12.2 Å². The van der Waals surface area contributed by atoms with E-state index >= 15 is 0 Å². The largest absolute Gasteiger partial charge is 0.359 e. The topological polar surface area (TPSA) is 12.0 Å². The Hall–Kier alpha value is -0.980. The monoisotopic (exact) mass is 91.0 g/mol. The molecule has 0 atom stereocenters.